The number of morpholine rings is 1. The third-order valence-electron chi connectivity index (χ3n) is 4.86. The number of sulfonamides is 1. The topological polar surface area (TPSA) is 84.9 Å². The summed E-state index contributed by atoms with van der Waals surface area (Å²) >= 11 is 0. The molecule has 0 saturated carbocycles. The monoisotopic (exact) mass is 430 g/mol. The van der Waals surface area contributed by atoms with Gasteiger partial charge in [-0.05, 0) is 36.3 Å². The van der Waals surface area contributed by atoms with Gasteiger partial charge in [0.05, 0.1) is 26.4 Å². The molecule has 1 fully saturated rings. The van der Waals surface area contributed by atoms with Gasteiger partial charge in [0.25, 0.3) is 0 Å². The number of nitrogens with one attached hydrogen (secondary N) is 1. The van der Waals surface area contributed by atoms with Crippen molar-refractivity contribution in [3.05, 3.63) is 65.7 Å². The van der Waals surface area contributed by atoms with Crippen LogP contribution in [0.1, 0.15) is 24.1 Å². The highest BCUT2D eigenvalue weighted by atomic mass is 32.2. The zero-order chi connectivity index (χ0) is 21.6. The van der Waals surface area contributed by atoms with Crippen molar-refractivity contribution in [2.24, 2.45) is 0 Å². The van der Waals surface area contributed by atoms with Crippen molar-refractivity contribution in [3.63, 3.8) is 0 Å². The minimum atomic E-state index is -3.73. The van der Waals surface area contributed by atoms with Crippen LogP contribution in [0.2, 0.25) is 0 Å². The third-order valence-corrected chi connectivity index (χ3v) is 6.78. The van der Waals surface area contributed by atoms with Crippen LogP contribution >= 0.6 is 0 Å². The van der Waals surface area contributed by atoms with Gasteiger partial charge >= 0.3 is 0 Å². The molecule has 0 aromatic heterocycles. The molecule has 0 unspecified atom stereocenters. The predicted octanol–water partition coefficient (Wildman–Crippen LogP) is 2.61. The molecule has 160 valence electrons. The molecular formula is C22H26N2O5S. The van der Waals surface area contributed by atoms with Gasteiger partial charge in [-0.2, -0.15) is 4.31 Å². The Morgan fingerprint density at radius 3 is 2.53 bits per heavy atom. The number of nitrogens with zero attached hydrogens (tertiary/aromatic N) is 1. The van der Waals surface area contributed by atoms with Crippen LogP contribution in [0.15, 0.2) is 59.5 Å². The first-order chi connectivity index (χ1) is 14.4. The number of amides is 1. The molecule has 3 rings (SSSR count). The van der Waals surface area contributed by atoms with Crippen LogP contribution in [-0.4, -0.2) is 52.0 Å². The van der Waals surface area contributed by atoms with Gasteiger partial charge in [-0.15, -0.1) is 0 Å². The number of rotatable bonds is 7. The first kappa shape index (κ1) is 22.0. The van der Waals surface area contributed by atoms with Gasteiger partial charge in [0.1, 0.15) is 10.6 Å². The maximum atomic E-state index is 13.0. The van der Waals surface area contributed by atoms with Crippen molar-refractivity contribution in [1.29, 1.82) is 0 Å². The fraction of sp³-hybridized carbons (Fsp3) is 0.318. The Hall–Kier alpha value is -2.68. The van der Waals surface area contributed by atoms with Gasteiger partial charge in [0.2, 0.25) is 15.9 Å². The minimum Gasteiger partial charge on any atom is -0.495 e. The molecule has 1 heterocycles. The fourth-order valence-corrected chi connectivity index (χ4v) is 4.78. The van der Waals surface area contributed by atoms with Gasteiger partial charge < -0.3 is 14.8 Å². The van der Waals surface area contributed by atoms with E-state index in [1.807, 2.05) is 37.3 Å². The summed E-state index contributed by atoms with van der Waals surface area (Å²) < 4.78 is 38.0. The molecule has 7 nitrogen and oxygen atoms in total. The number of hydrogen-bond acceptors (Lipinski definition) is 5. The molecule has 1 saturated heterocycles. The lowest BCUT2D eigenvalue weighted by Crippen LogP contribution is -2.40. The third kappa shape index (κ3) is 5.27. The molecule has 1 atom stereocenters. The van der Waals surface area contributed by atoms with Crippen LogP contribution in [0.5, 0.6) is 5.75 Å². The van der Waals surface area contributed by atoms with Crippen molar-refractivity contribution < 1.29 is 22.7 Å². The SMILES string of the molecule is COc1ccc(/C=C/C(=O)N[C@@H](C)c2ccccc2)cc1S(=O)(=O)N1CCOCC1. The molecule has 30 heavy (non-hydrogen) atoms. The minimum absolute atomic E-state index is 0.0760. The van der Waals surface area contributed by atoms with E-state index in [0.717, 1.165) is 5.56 Å². The normalized spacial score (nSPS) is 16.3. The highest BCUT2D eigenvalue weighted by molar-refractivity contribution is 7.89. The number of hydrogen-bond donors (Lipinski definition) is 1. The van der Waals surface area contributed by atoms with Crippen LogP contribution in [0.4, 0.5) is 0 Å². The Labute approximate surface area is 177 Å². The van der Waals surface area contributed by atoms with Gasteiger partial charge in [0, 0.05) is 19.2 Å². The van der Waals surface area contributed by atoms with Crippen LogP contribution in [0.3, 0.4) is 0 Å². The molecule has 2 aromatic carbocycles. The lowest BCUT2D eigenvalue weighted by molar-refractivity contribution is -0.117. The molecule has 0 bridgehead atoms. The number of carbonyl (C=O) groups is 1. The van der Waals surface area contributed by atoms with Crippen LogP contribution in [0.25, 0.3) is 6.08 Å². The summed E-state index contributed by atoms with van der Waals surface area (Å²) in [6.45, 7) is 3.22. The van der Waals surface area contributed by atoms with E-state index in [2.05, 4.69) is 5.32 Å². The maximum absolute atomic E-state index is 13.0. The summed E-state index contributed by atoms with van der Waals surface area (Å²) in [4.78, 5) is 12.4. The zero-order valence-electron chi connectivity index (χ0n) is 17.1. The smallest absolute Gasteiger partial charge is 0.246 e. The molecule has 8 heteroatoms. The Balaban J connectivity index is 1.76. The second-order valence-electron chi connectivity index (χ2n) is 6.90. The quantitative estimate of drug-likeness (QED) is 0.683. The van der Waals surface area contributed by atoms with Crippen LogP contribution in [-0.2, 0) is 19.6 Å². The average Bonchev–Trinajstić information content (AvgIpc) is 2.78. The molecule has 1 aliphatic heterocycles. The summed E-state index contributed by atoms with van der Waals surface area (Å²) in [6, 6.07) is 14.3. The first-order valence-electron chi connectivity index (χ1n) is 9.71. The maximum Gasteiger partial charge on any atom is 0.246 e. The molecule has 1 N–H and O–H groups in total. The summed E-state index contributed by atoms with van der Waals surface area (Å²) in [6.07, 6.45) is 2.98. The molecular weight excluding hydrogens is 404 g/mol. The number of methoxy groups -OCH3 is 1. The van der Waals surface area contributed by atoms with Crippen molar-refractivity contribution in [3.8, 4) is 5.75 Å². The number of carbonyl (C=O) groups excluding carboxylic acids is 1. The molecule has 0 spiro atoms. The highest BCUT2D eigenvalue weighted by Crippen LogP contribution is 2.28. The zero-order valence-corrected chi connectivity index (χ0v) is 17.9. The number of ether oxygens (including phenoxy) is 2. The molecule has 0 radical (unpaired) electrons. The van der Waals surface area contributed by atoms with Crippen LogP contribution in [0, 0.1) is 0 Å². The second-order valence-corrected chi connectivity index (χ2v) is 8.81. The second kappa shape index (κ2) is 9.88. The van der Waals surface area contributed by atoms with Gasteiger partial charge in [-0.1, -0.05) is 36.4 Å². The van der Waals surface area contributed by atoms with E-state index < -0.39 is 10.0 Å². The first-order valence-corrected chi connectivity index (χ1v) is 11.2. The molecule has 1 amide bonds. The largest absolute Gasteiger partial charge is 0.495 e. The Kier molecular flexibility index (Phi) is 7.25. The lowest BCUT2D eigenvalue weighted by Gasteiger charge is -2.26. The lowest BCUT2D eigenvalue weighted by atomic mass is 10.1. The van der Waals surface area contributed by atoms with E-state index in [-0.39, 0.29) is 22.6 Å². The van der Waals surface area contributed by atoms with Crippen molar-refractivity contribution in [2.45, 2.75) is 17.9 Å². The van der Waals surface area contributed by atoms with Gasteiger partial charge in [0.15, 0.2) is 0 Å². The standard InChI is InChI=1S/C22H26N2O5S/c1-17(19-6-4-3-5-7-19)23-22(25)11-9-18-8-10-20(28-2)21(16-18)30(26,27)24-12-14-29-15-13-24/h3-11,16-17H,12-15H2,1-2H3,(H,23,25)/b11-9+/t17-/m0/s1. The highest BCUT2D eigenvalue weighted by Gasteiger charge is 2.29. The number of benzene rings is 2. The fourth-order valence-electron chi connectivity index (χ4n) is 3.18. The van der Waals surface area contributed by atoms with Crippen molar-refractivity contribution in [1.82, 2.24) is 9.62 Å². The molecule has 1 aliphatic rings. The predicted molar refractivity (Wildman–Crippen MR) is 115 cm³/mol. The van der Waals surface area contributed by atoms with E-state index in [1.165, 1.54) is 23.6 Å². The van der Waals surface area contributed by atoms with E-state index in [1.54, 1.807) is 18.2 Å². The van der Waals surface area contributed by atoms with Crippen molar-refractivity contribution in [2.75, 3.05) is 33.4 Å². The summed E-state index contributed by atoms with van der Waals surface area (Å²) in [5.41, 5.74) is 1.59. The van der Waals surface area contributed by atoms with Gasteiger partial charge in [-0.25, -0.2) is 8.42 Å². The summed E-state index contributed by atoms with van der Waals surface area (Å²) in [5, 5.41) is 2.89. The van der Waals surface area contributed by atoms with E-state index >= 15 is 0 Å². The summed E-state index contributed by atoms with van der Waals surface area (Å²) in [7, 11) is -2.29. The Morgan fingerprint density at radius 1 is 1.17 bits per heavy atom. The van der Waals surface area contributed by atoms with E-state index in [0.29, 0.717) is 31.9 Å². The summed E-state index contributed by atoms with van der Waals surface area (Å²) in [5.74, 6) is 0.000510. The average molecular weight is 431 g/mol. The Bertz CT molecular complexity index is 999. The Morgan fingerprint density at radius 2 is 1.87 bits per heavy atom. The molecule has 0 aliphatic carbocycles. The van der Waals surface area contributed by atoms with E-state index in [9.17, 15) is 13.2 Å². The van der Waals surface area contributed by atoms with E-state index in [4.69, 9.17) is 9.47 Å². The van der Waals surface area contributed by atoms with Crippen molar-refractivity contribution >= 4 is 22.0 Å². The molecule has 2 aromatic rings. The van der Waals surface area contributed by atoms with Crippen LogP contribution < -0.4 is 10.1 Å². The van der Waals surface area contributed by atoms with Gasteiger partial charge in [-0.3, -0.25) is 4.79 Å².